The molecule has 144 valence electrons. The highest BCUT2D eigenvalue weighted by atomic mass is 32.1. The van der Waals surface area contributed by atoms with Gasteiger partial charge < -0.3 is 9.47 Å². The molecule has 1 aliphatic rings. The zero-order chi connectivity index (χ0) is 20.1. The van der Waals surface area contributed by atoms with Crippen molar-refractivity contribution in [2.75, 3.05) is 4.90 Å². The maximum Gasteiger partial charge on any atom is 0.586 e. The number of rotatable bonds is 4. The number of amides is 1. The number of aryl methyl sites for hydroxylation is 1. The van der Waals surface area contributed by atoms with Gasteiger partial charge in [0.15, 0.2) is 11.5 Å². The summed E-state index contributed by atoms with van der Waals surface area (Å²) in [6.07, 6.45) is -3.42. The third-order valence-corrected chi connectivity index (χ3v) is 5.24. The van der Waals surface area contributed by atoms with Crippen LogP contribution in [0.15, 0.2) is 42.5 Å². The number of benzene rings is 2. The number of hydrogen-bond acceptors (Lipinski definition) is 4. The topological polar surface area (TPSA) is 38.8 Å². The molecule has 4 nitrogen and oxygen atoms in total. The van der Waals surface area contributed by atoms with Gasteiger partial charge in [-0.1, -0.05) is 6.07 Å². The second kappa shape index (κ2) is 6.52. The highest BCUT2D eigenvalue weighted by molar-refractivity contribution is 7.19. The zero-order valence-corrected chi connectivity index (χ0v) is 15.0. The maximum absolute atomic E-state index is 14.1. The summed E-state index contributed by atoms with van der Waals surface area (Å²) in [5, 5.41) is 0.261. The molecular formula is C19H11F4NO3S. The third-order valence-electron chi connectivity index (χ3n) is 4.13. The molecule has 4 rings (SSSR count). The molecule has 1 aliphatic heterocycles. The third kappa shape index (κ3) is 3.07. The molecular weight excluding hydrogens is 398 g/mol. The normalized spacial score (nSPS) is 14.2. The fourth-order valence-corrected chi connectivity index (χ4v) is 3.96. The molecule has 0 saturated carbocycles. The largest absolute Gasteiger partial charge is 0.586 e. The van der Waals surface area contributed by atoms with Crippen molar-refractivity contribution in [1.82, 2.24) is 0 Å². The van der Waals surface area contributed by atoms with Crippen LogP contribution in [0.4, 0.5) is 28.3 Å². The fraction of sp³-hybridized carbons (Fsp3) is 0.105. The molecule has 0 bridgehead atoms. The van der Waals surface area contributed by atoms with Crippen LogP contribution in [0, 0.1) is 18.6 Å². The van der Waals surface area contributed by atoms with E-state index in [4.69, 9.17) is 0 Å². The van der Waals surface area contributed by atoms with Gasteiger partial charge in [-0.3, -0.25) is 9.69 Å². The van der Waals surface area contributed by atoms with Crippen molar-refractivity contribution in [3.63, 3.8) is 0 Å². The van der Waals surface area contributed by atoms with E-state index in [0.29, 0.717) is 22.4 Å². The molecule has 9 heteroatoms. The molecule has 2 aromatic carbocycles. The van der Waals surface area contributed by atoms with E-state index in [1.165, 1.54) is 24.3 Å². The number of hydrogen-bond donors (Lipinski definition) is 0. The molecule has 1 amide bonds. The molecule has 28 heavy (non-hydrogen) atoms. The van der Waals surface area contributed by atoms with Crippen molar-refractivity contribution in [3.05, 3.63) is 59.7 Å². The summed E-state index contributed by atoms with van der Waals surface area (Å²) in [4.78, 5) is 13.0. The van der Waals surface area contributed by atoms with Crippen molar-refractivity contribution < 1.29 is 31.8 Å². The van der Waals surface area contributed by atoms with E-state index < -0.39 is 23.6 Å². The van der Waals surface area contributed by atoms with Crippen LogP contribution in [0.25, 0.3) is 10.4 Å². The summed E-state index contributed by atoms with van der Waals surface area (Å²) in [6.45, 7) is 1.70. The lowest BCUT2D eigenvalue weighted by Gasteiger charge is -2.16. The summed E-state index contributed by atoms with van der Waals surface area (Å²) in [6, 6.07) is 9.24. The van der Waals surface area contributed by atoms with Crippen LogP contribution in [-0.2, 0) is 4.79 Å². The van der Waals surface area contributed by atoms with E-state index in [2.05, 4.69) is 9.47 Å². The Bertz CT molecular complexity index is 1060. The number of thiophene rings is 1. The Morgan fingerprint density at radius 1 is 1.04 bits per heavy atom. The van der Waals surface area contributed by atoms with Gasteiger partial charge in [-0.05, 0) is 54.4 Å². The SMILES string of the molecule is Cc1cc2c(cc1-c1ccc(N(C=O)c3c(F)cccc3F)s1)OC(F)(F)O2. The second-order valence-electron chi connectivity index (χ2n) is 5.96. The Morgan fingerprint density at radius 2 is 1.68 bits per heavy atom. The van der Waals surface area contributed by atoms with Crippen molar-refractivity contribution >= 4 is 28.4 Å². The van der Waals surface area contributed by atoms with Crippen LogP contribution < -0.4 is 14.4 Å². The first kappa shape index (κ1) is 18.3. The summed E-state index contributed by atoms with van der Waals surface area (Å²) in [7, 11) is 0. The van der Waals surface area contributed by atoms with E-state index in [9.17, 15) is 22.4 Å². The summed E-state index contributed by atoms with van der Waals surface area (Å²) in [5.41, 5.74) is 0.701. The molecule has 0 radical (unpaired) electrons. The summed E-state index contributed by atoms with van der Waals surface area (Å²) < 4.78 is 63.5. The summed E-state index contributed by atoms with van der Waals surface area (Å²) in [5.74, 6) is -1.97. The number of halogens is 4. The first-order valence-corrected chi connectivity index (χ1v) is 8.80. The monoisotopic (exact) mass is 409 g/mol. The van der Waals surface area contributed by atoms with E-state index in [1.54, 1.807) is 13.0 Å². The van der Waals surface area contributed by atoms with E-state index in [-0.39, 0.29) is 16.5 Å². The Labute approximate surface area is 160 Å². The van der Waals surface area contributed by atoms with Gasteiger partial charge in [0.25, 0.3) is 0 Å². The summed E-state index contributed by atoms with van der Waals surface area (Å²) >= 11 is 1.07. The van der Waals surface area contributed by atoms with Crippen molar-refractivity contribution in [2.24, 2.45) is 0 Å². The lowest BCUT2D eigenvalue weighted by Crippen LogP contribution is -2.25. The molecule has 1 aromatic heterocycles. The molecule has 0 saturated heterocycles. The van der Waals surface area contributed by atoms with Gasteiger partial charge >= 0.3 is 6.29 Å². The minimum absolute atomic E-state index is 0.0778. The average molecular weight is 409 g/mol. The molecule has 0 aliphatic carbocycles. The molecule has 2 heterocycles. The Hall–Kier alpha value is -3.07. The van der Waals surface area contributed by atoms with Crippen molar-refractivity contribution in [1.29, 1.82) is 0 Å². The molecule has 0 unspecified atom stereocenters. The van der Waals surface area contributed by atoms with Gasteiger partial charge in [0.05, 0.1) is 0 Å². The van der Waals surface area contributed by atoms with E-state index >= 15 is 0 Å². The van der Waals surface area contributed by atoms with Gasteiger partial charge in [-0.2, -0.15) is 0 Å². The lowest BCUT2D eigenvalue weighted by molar-refractivity contribution is -0.286. The van der Waals surface area contributed by atoms with Gasteiger partial charge in [0, 0.05) is 4.88 Å². The van der Waals surface area contributed by atoms with E-state index in [1.807, 2.05) is 0 Å². The number of nitrogens with zero attached hydrogens (tertiary/aromatic N) is 1. The quantitative estimate of drug-likeness (QED) is 0.415. The Morgan fingerprint density at radius 3 is 2.32 bits per heavy atom. The first-order valence-electron chi connectivity index (χ1n) is 7.98. The maximum atomic E-state index is 14.1. The first-order chi connectivity index (χ1) is 13.3. The highest BCUT2D eigenvalue weighted by Crippen LogP contribution is 2.46. The van der Waals surface area contributed by atoms with Crippen LogP contribution in [0.1, 0.15) is 5.56 Å². The number of carbonyl (C=O) groups excluding carboxylic acids is 1. The van der Waals surface area contributed by atoms with Gasteiger partial charge in [-0.15, -0.1) is 20.1 Å². The molecule has 3 aromatic rings. The number of anilines is 2. The van der Waals surface area contributed by atoms with Crippen LogP contribution >= 0.6 is 11.3 Å². The minimum atomic E-state index is -3.73. The lowest BCUT2D eigenvalue weighted by atomic mass is 10.1. The molecule has 0 spiro atoms. The van der Waals surface area contributed by atoms with Crippen LogP contribution in [0.5, 0.6) is 11.5 Å². The number of ether oxygens (including phenoxy) is 2. The predicted molar refractivity (Wildman–Crippen MR) is 95.3 cm³/mol. The number of carbonyl (C=O) groups is 1. The van der Waals surface area contributed by atoms with Gasteiger partial charge in [-0.25, -0.2) is 8.78 Å². The highest BCUT2D eigenvalue weighted by Gasteiger charge is 2.43. The van der Waals surface area contributed by atoms with Gasteiger partial charge in [0.1, 0.15) is 22.3 Å². The minimum Gasteiger partial charge on any atom is -0.395 e. The standard InChI is InChI=1S/C19H11F4NO3S/c1-10-7-14-15(27-19(22,23)26-14)8-11(10)16-5-6-17(28-16)24(9-25)18-12(20)3-2-4-13(18)21/h2-9H,1H3. The fourth-order valence-electron chi connectivity index (χ4n) is 2.90. The second-order valence-corrected chi connectivity index (χ2v) is 7.03. The average Bonchev–Trinajstić information content (AvgIpc) is 3.20. The number of para-hydroxylation sites is 1. The molecule has 0 atom stereocenters. The molecule has 0 N–H and O–H groups in total. The number of fused-ring (bicyclic) bond motifs is 1. The Balaban J connectivity index is 1.73. The van der Waals surface area contributed by atoms with Crippen molar-refractivity contribution in [2.45, 2.75) is 13.2 Å². The Kier molecular flexibility index (Phi) is 4.26. The number of alkyl halides is 2. The van der Waals surface area contributed by atoms with Gasteiger partial charge in [0.2, 0.25) is 6.41 Å². The molecule has 0 fully saturated rings. The van der Waals surface area contributed by atoms with E-state index in [0.717, 1.165) is 28.4 Å². The van der Waals surface area contributed by atoms with Crippen LogP contribution in [0.2, 0.25) is 0 Å². The smallest absolute Gasteiger partial charge is 0.395 e. The zero-order valence-electron chi connectivity index (χ0n) is 14.2. The predicted octanol–water partition coefficient (Wildman–Crippen LogP) is 5.62. The van der Waals surface area contributed by atoms with Crippen molar-refractivity contribution in [3.8, 4) is 21.9 Å². The van der Waals surface area contributed by atoms with Crippen LogP contribution in [-0.4, -0.2) is 12.7 Å². The van der Waals surface area contributed by atoms with Crippen LogP contribution in [0.3, 0.4) is 0 Å².